The maximum Gasteiger partial charge on any atom is 0.317 e. The number of rotatable bonds is 8. The molecule has 0 aromatic rings. The predicted molar refractivity (Wildman–Crippen MR) is 83.2 cm³/mol. The van der Waals surface area contributed by atoms with Crippen LogP contribution >= 0.6 is 0 Å². The largest absolute Gasteiger partial charge is 0.481 e. The van der Waals surface area contributed by atoms with Gasteiger partial charge in [0.1, 0.15) is 0 Å². The van der Waals surface area contributed by atoms with Gasteiger partial charge in [-0.1, -0.05) is 20.8 Å². The van der Waals surface area contributed by atoms with E-state index in [2.05, 4.69) is 26.1 Å². The lowest BCUT2D eigenvalue weighted by atomic mass is 9.76. The Balaban J connectivity index is 2.30. The lowest BCUT2D eigenvalue weighted by Gasteiger charge is -2.31. The van der Waals surface area contributed by atoms with E-state index < -0.39 is 5.97 Å². The zero-order chi connectivity index (χ0) is 16.0. The molecule has 2 amide bonds. The minimum absolute atomic E-state index is 0.0206. The Morgan fingerprint density at radius 2 is 1.90 bits per heavy atom. The van der Waals surface area contributed by atoms with Crippen molar-refractivity contribution in [3.63, 3.8) is 0 Å². The van der Waals surface area contributed by atoms with Gasteiger partial charge in [-0.3, -0.25) is 4.79 Å². The Bertz CT molecular complexity index is 359. The molecule has 122 valence electrons. The first kappa shape index (κ1) is 17.8. The van der Waals surface area contributed by atoms with Gasteiger partial charge in [-0.15, -0.1) is 0 Å². The molecule has 0 bridgehead atoms. The standard InChI is InChI=1S/C16H30N2O3/c1-16(2,3)13(7-8-14(19)20)9-10-17-15(21)18(4)11-12-5-6-12/h12-13H,5-11H2,1-4H3,(H,17,21)(H,19,20). The van der Waals surface area contributed by atoms with Crippen molar-refractivity contribution in [1.82, 2.24) is 10.2 Å². The van der Waals surface area contributed by atoms with Gasteiger partial charge in [0.25, 0.3) is 0 Å². The second kappa shape index (κ2) is 7.66. The van der Waals surface area contributed by atoms with Gasteiger partial charge in [0.2, 0.25) is 0 Å². The first-order valence-corrected chi connectivity index (χ1v) is 7.91. The van der Waals surface area contributed by atoms with E-state index in [0.29, 0.717) is 24.8 Å². The second-order valence-electron chi connectivity index (χ2n) is 7.34. The van der Waals surface area contributed by atoms with E-state index in [1.54, 1.807) is 4.90 Å². The number of amides is 2. The van der Waals surface area contributed by atoms with Crippen LogP contribution in [0, 0.1) is 17.3 Å². The van der Waals surface area contributed by atoms with E-state index in [-0.39, 0.29) is 17.9 Å². The highest BCUT2D eigenvalue weighted by Gasteiger charge is 2.26. The summed E-state index contributed by atoms with van der Waals surface area (Å²) in [4.78, 5) is 24.4. The molecule has 0 aliphatic heterocycles. The highest BCUT2D eigenvalue weighted by molar-refractivity contribution is 5.73. The van der Waals surface area contributed by atoms with E-state index in [4.69, 9.17) is 5.11 Å². The Kier molecular flexibility index (Phi) is 6.49. The molecule has 0 saturated heterocycles. The Hall–Kier alpha value is -1.26. The number of carboxylic acids is 1. The fourth-order valence-electron chi connectivity index (χ4n) is 2.57. The van der Waals surface area contributed by atoms with Crippen LogP contribution in [-0.2, 0) is 4.79 Å². The molecule has 1 aliphatic carbocycles. The van der Waals surface area contributed by atoms with Crippen LogP contribution in [-0.4, -0.2) is 42.1 Å². The van der Waals surface area contributed by atoms with E-state index >= 15 is 0 Å². The lowest BCUT2D eigenvalue weighted by Crippen LogP contribution is -2.39. The summed E-state index contributed by atoms with van der Waals surface area (Å²) >= 11 is 0. The molecule has 1 fully saturated rings. The number of aliphatic carboxylic acids is 1. The van der Waals surface area contributed by atoms with E-state index in [0.717, 1.165) is 13.0 Å². The van der Waals surface area contributed by atoms with E-state index in [1.165, 1.54) is 12.8 Å². The van der Waals surface area contributed by atoms with Crippen molar-refractivity contribution in [1.29, 1.82) is 0 Å². The highest BCUT2D eigenvalue weighted by Crippen LogP contribution is 2.32. The van der Waals surface area contributed by atoms with Gasteiger partial charge in [-0.25, -0.2) is 4.79 Å². The van der Waals surface area contributed by atoms with E-state index in [1.807, 2.05) is 7.05 Å². The van der Waals surface area contributed by atoms with Crippen LogP contribution in [0.2, 0.25) is 0 Å². The Labute approximate surface area is 128 Å². The van der Waals surface area contributed by atoms with Crippen LogP contribution in [0.3, 0.4) is 0 Å². The number of urea groups is 1. The van der Waals surface area contributed by atoms with Crippen LogP contribution in [0.4, 0.5) is 4.79 Å². The quantitative estimate of drug-likeness (QED) is 0.724. The fourth-order valence-corrected chi connectivity index (χ4v) is 2.57. The van der Waals surface area contributed by atoms with Crippen LogP contribution < -0.4 is 5.32 Å². The number of carbonyl (C=O) groups is 2. The van der Waals surface area contributed by atoms with Gasteiger partial charge in [0.05, 0.1) is 0 Å². The van der Waals surface area contributed by atoms with Gasteiger partial charge in [-0.2, -0.15) is 0 Å². The zero-order valence-electron chi connectivity index (χ0n) is 13.8. The van der Waals surface area contributed by atoms with Crippen molar-refractivity contribution in [2.24, 2.45) is 17.3 Å². The second-order valence-corrected chi connectivity index (χ2v) is 7.34. The maximum absolute atomic E-state index is 11.9. The normalized spacial score (nSPS) is 16.4. The third-order valence-electron chi connectivity index (χ3n) is 4.28. The van der Waals surface area contributed by atoms with Gasteiger partial charge in [0, 0.05) is 26.6 Å². The van der Waals surface area contributed by atoms with Crippen LogP contribution in [0.1, 0.15) is 52.9 Å². The summed E-state index contributed by atoms with van der Waals surface area (Å²) in [5.74, 6) is 0.235. The molecule has 1 unspecified atom stereocenters. The zero-order valence-corrected chi connectivity index (χ0v) is 13.8. The first-order valence-electron chi connectivity index (χ1n) is 7.91. The molecule has 5 nitrogen and oxygen atoms in total. The molecular formula is C16H30N2O3. The summed E-state index contributed by atoms with van der Waals surface area (Å²) in [6.45, 7) is 7.82. The number of nitrogens with zero attached hydrogens (tertiary/aromatic N) is 1. The summed E-state index contributed by atoms with van der Waals surface area (Å²) < 4.78 is 0. The smallest absolute Gasteiger partial charge is 0.317 e. The number of nitrogens with one attached hydrogen (secondary N) is 1. The molecule has 0 radical (unpaired) electrons. The van der Waals surface area contributed by atoms with Gasteiger partial charge < -0.3 is 15.3 Å². The fraction of sp³-hybridized carbons (Fsp3) is 0.875. The minimum atomic E-state index is -0.752. The molecule has 21 heavy (non-hydrogen) atoms. The van der Waals surface area contributed by atoms with Crippen molar-refractivity contribution in [2.45, 2.75) is 52.9 Å². The molecule has 1 aliphatic rings. The summed E-state index contributed by atoms with van der Waals surface area (Å²) in [7, 11) is 1.83. The van der Waals surface area contributed by atoms with Gasteiger partial charge in [-0.05, 0) is 42.9 Å². The molecule has 5 heteroatoms. The average molecular weight is 298 g/mol. The molecular weight excluding hydrogens is 268 g/mol. The van der Waals surface area contributed by atoms with Crippen LogP contribution in [0.15, 0.2) is 0 Å². The van der Waals surface area contributed by atoms with Crippen molar-refractivity contribution < 1.29 is 14.7 Å². The van der Waals surface area contributed by atoms with Crippen molar-refractivity contribution in [3.05, 3.63) is 0 Å². The molecule has 1 rings (SSSR count). The summed E-state index contributed by atoms with van der Waals surface area (Å²) in [6, 6.07) is -0.0206. The lowest BCUT2D eigenvalue weighted by molar-refractivity contribution is -0.137. The van der Waals surface area contributed by atoms with E-state index in [9.17, 15) is 9.59 Å². The molecule has 1 saturated carbocycles. The SMILES string of the molecule is CN(CC1CC1)C(=O)NCCC(CCC(=O)O)C(C)(C)C. The first-order chi connectivity index (χ1) is 9.70. The van der Waals surface area contributed by atoms with Crippen molar-refractivity contribution in [3.8, 4) is 0 Å². The summed E-state index contributed by atoms with van der Waals surface area (Å²) in [6.07, 6.45) is 4.14. The molecule has 0 heterocycles. The monoisotopic (exact) mass is 298 g/mol. The predicted octanol–water partition coefficient (Wildman–Crippen LogP) is 2.96. The van der Waals surface area contributed by atoms with Gasteiger partial charge in [0.15, 0.2) is 0 Å². The number of carboxylic acid groups (broad SMARTS) is 1. The highest BCUT2D eigenvalue weighted by atomic mass is 16.4. The minimum Gasteiger partial charge on any atom is -0.481 e. The summed E-state index contributed by atoms with van der Waals surface area (Å²) in [5.41, 5.74) is 0.0556. The summed E-state index contributed by atoms with van der Waals surface area (Å²) in [5, 5.41) is 11.8. The topological polar surface area (TPSA) is 69.6 Å². The Morgan fingerprint density at radius 3 is 2.38 bits per heavy atom. The van der Waals surface area contributed by atoms with Crippen LogP contribution in [0.25, 0.3) is 0 Å². The van der Waals surface area contributed by atoms with Crippen molar-refractivity contribution in [2.75, 3.05) is 20.1 Å². The van der Waals surface area contributed by atoms with Crippen LogP contribution in [0.5, 0.6) is 0 Å². The third-order valence-corrected chi connectivity index (χ3v) is 4.28. The number of hydrogen-bond donors (Lipinski definition) is 2. The molecule has 0 spiro atoms. The molecule has 2 N–H and O–H groups in total. The number of carbonyl (C=O) groups excluding carboxylic acids is 1. The Morgan fingerprint density at radius 1 is 1.29 bits per heavy atom. The molecule has 1 atom stereocenters. The van der Waals surface area contributed by atoms with Crippen molar-refractivity contribution >= 4 is 12.0 Å². The molecule has 0 aromatic carbocycles. The third kappa shape index (κ3) is 7.34. The maximum atomic E-state index is 11.9. The average Bonchev–Trinajstić information content (AvgIpc) is 3.14. The molecule has 0 aromatic heterocycles. The van der Waals surface area contributed by atoms with Gasteiger partial charge >= 0.3 is 12.0 Å². The number of hydrogen-bond acceptors (Lipinski definition) is 2.